The third kappa shape index (κ3) is 3.12. The lowest BCUT2D eigenvalue weighted by Gasteiger charge is -2.06. The van der Waals surface area contributed by atoms with Gasteiger partial charge in [0.25, 0.3) is 0 Å². The number of aryl methyl sites for hydroxylation is 1. The Hall–Kier alpha value is -2.58. The van der Waals surface area contributed by atoms with Gasteiger partial charge in [0.2, 0.25) is 5.76 Å². The quantitative estimate of drug-likeness (QED) is 0.783. The molecule has 2 heterocycles. The van der Waals surface area contributed by atoms with E-state index in [0.29, 0.717) is 12.3 Å². The topological polar surface area (TPSA) is 61.9 Å². The van der Waals surface area contributed by atoms with Crippen LogP contribution in [0.2, 0.25) is 0 Å². The normalized spacial score (nSPS) is 10.3. The average molecular weight is 295 g/mol. The van der Waals surface area contributed by atoms with Gasteiger partial charge in [0.1, 0.15) is 11.8 Å². The van der Waals surface area contributed by atoms with Crippen molar-refractivity contribution in [3.05, 3.63) is 58.3 Å². The molecule has 5 heteroatoms. The summed E-state index contributed by atoms with van der Waals surface area (Å²) in [7, 11) is 0. The van der Waals surface area contributed by atoms with E-state index < -0.39 is 0 Å². The van der Waals surface area contributed by atoms with Gasteiger partial charge in [-0.2, -0.15) is 5.26 Å². The number of hydrogen-bond acceptors (Lipinski definition) is 5. The Kier molecular flexibility index (Phi) is 3.71. The molecule has 0 amide bonds. The van der Waals surface area contributed by atoms with Gasteiger partial charge in [0.15, 0.2) is 0 Å². The number of rotatable bonds is 4. The first-order valence-corrected chi connectivity index (χ1v) is 7.38. The zero-order valence-electron chi connectivity index (χ0n) is 11.5. The Morgan fingerprint density at radius 3 is 2.95 bits per heavy atom. The largest absolute Gasteiger partial charge is 0.449 e. The van der Waals surface area contributed by atoms with Crippen LogP contribution < -0.4 is 5.32 Å². The molecule has 0 aliphatic rings. The molecule has 4 nitrogen and oxygen atoms in total. The highest BCUT2D eigenvalue weighted by Gasteiger charge is 2.04. The van der Waals surface area contributed by atoms with Crippen LogP contribution in [0.1, 0.15) is 16.5 Å². The number of aromatic nitrogens is 1. The number of anilines is 1. The van der Waals surface area contributed by atoms with Gasteiger partial charge in [-0.3, -0.25) is 0 Å². The molecule has 0 atom stereocenters. The van der Waals surface area contributed by atoms with Crippen molar-refractivity contribution in [2.75, 3.05) is 5.32 Å². The van der Waals surface area contributed by atoms with E-state index in [-0.39, 0.29) is 0 Å². The van der Waals surface area contributed by atoms with E-state index in [4.69, 9.17) is 9.68 Å². The van der Waals surface area contributed by atoms with Crippen LogP contribution in [-0.4, -0.2) is 4.98 Å². The number of nitrogens with zero attached hydrogens (tertiary/aromatic N) is 2. The molecule has 104 valence electrons. The minimum atomic E-state index is 0.332. The summed E-state index contributed by atoms with van der Waals surface area (Å²) in [6, 6.07) is 13.5. The SMILES string of the molecule is Cc1nc(-c2cccc(NCc3ccc(C#N)o3)c2)cs1. The van der Waals surface area contributed by atoms with E-state index >= 15 is 0 Å². The third-order valence-corrected chi connectivity index (χ3v) is 3.79. The summed E-state index contributed by atoms with van der Waals surface area (Å²) in [5, 5.41) is 15.1. The molecule has 3 rings (SSSR count). The van der Waals surface area contributed by atoms with Crippen molar-refractivity contribution in [2.45, 2.75) is 13.5 Å². The molecule has 0 radical (unpaired) electrons. The first-order valence-electron chi connectivity index (χ1n) is 6.50. The highest BCUT2D eigenvalue weighted by atomic mass is 32.1. The van der Waals surface area contributed by atoms with Crippen molar-refractivity contribution >= 4 is 17.0 Å². The Morgan fingerprint density at radius 2 is 2.24 bits per heavy atom. The van der Waals surface area contributed by atoms with Gasteiger partial charge in [-0.05, 0) is 31.2 Å². The van der Waals surface area contributed by atoms with Crippen LogP contribution in [0.3, 0.4) is 0 Å². The van der Waals surface area contributed by atoms with Crippen LogP contribution in [-0.2, 0) is 6.54 Å². The maximum Gasteiger partial charge on any atom is 0.203 e. The van der Waals surface area contributed by atoms with Crippen molar-refractivity contribution in [3.63, 3.8) is 0 Å². The third-order valence-electron chi connectivity index (χ3n) is 3.02. The molecule has 3 aromatic rings. The van der Waals surface area contributed by atoms with Gasteiger partial charge in [0, 0.05) is 16.6 Å². The molecule has 0 saturated heterocycles. The molecular weight excluding hydrogens is 282 g/mol. The molecular formula is C16H13N3OS. The minimum absolute atomic E-state index is 0.332. The fourth-order valence-corrected chi connectivity index (χ4v) is 2.63. The molecule has 0 aliphatic heterocycles. The number of furan rings is 1. The summed E-state index contributed by atoms with van der Waals surface area (Å²) in [5.74, 6) is 1.07. The van der Waals surface area contributed by atoms with E-state index in [1.54, 1.807) is 23.5 Å². The lowest BCUT2D eigenvalue weighted by molar-refractivity contribution is 0.506. The molecule has 2 aromatic heterocycles. The number of nitrogens with one attached hydrogen (secondary N) is 1. The summed E-state index contributed by atoms with van der Waals surface area (Å²) in [6.45, 7) is 2.54. The van der Waals surface area contributed by atoms with Gasteiger partial charge < -0.3 is 9.73 Å². The maximum atomic E-state index is 8.73. The monoisotopic (exact) mass is 295 g/mol. The van der Waals surface area contributed by atoms with Crippen LogP contribution in [0.5, 0.6) is 0 Å². The van der Waals surface area contributed by atoms with Crippen molar-refractivity contribution in [3.8, 4) is 17.3 Å². The number of benzene rings is 1. The number of hydrogen-bond donors (Lipinski definition) is 1. The first kappa shape index (κ1) is 13.4. The fourth-order valence-electron chi connectivity index (χ4n) is 2.01. The van der Waals surface area contributed by atoms with Crippen LogP contribution in [0.15, 0.2) is 46.2 Å². The Labute approximate surface area is 126 Å². The summed E-state index contributed by atoms with van der Waals surface area (Å²) in [6.07, 6.45) is 0. The molecule has 1 N–H and O–H groups in total. The van der Waals surface area contributed by atoms with Gasteiger partial charge in [0.05, 0.1) is 17.2 Å². The highest BCUT2D eigenvalue weighted by molar-refractivity contribution is 7.09. The van der Waals surface area contributed by atoms with Crippen molar-refractivity contribution in [2.24, 2.45) is 0 Å². The van der Waals surface area contributed by atoms with Crippen LogP contribution in [0, 0.1) is 18.3 Å². The molecule has 0 aliphatic carbocycles. The molecule has 0 saturated carbocycles. The summed E-state index contributed by atoms with van der Waals surface area (Å²) < 4.78 is 5.34. The fraction of sp³-hybridized carbons (Fsp3) is 0.125. The first-order chi connectivity index (χ1) is 10.2. The van der Waals surface area contributed by atoms with Gasteiger partial charge in [-0.1, -0.05) is 12.1 Å². The summed E-state index contributed by atoms with van der Waals surface area (Å²) in [5.41, 5.74) is 3.07. The second-order valence-corrected chi connectivity index (χ2v) is 5.63. The predicted molar refractivity (Wildman–Crippen MR) is 83.0 cm³/mol. The predicted octanol–water partition coefficient (Wildman–Crippen LogP) is 4.20. The second-order valence-electron chi connectivity index (χ2n) is 4.56. The average Bonchev–Trinajstić information content (AvgIpc) is 3.14. The van der Waals surface area contributed by atoms with Crippen LogP contribution >= 0.6 is 11.3 Å². The lowest BCUT2D eigenvalue weighted by atomic mass is 10.1. The lowest BCUT2D eigenvalue weighted by Crippen LogP contribution is -1.98. The van der Waals surface area contributed by atoms with E-state index in [9.17, 15) is 0 Å². The molecule has 0 spiro atoms. The molecule has 0 fully saturated rings. The van der Waals surface area contributed by atoms with E-state index in [1.807, 2.05) is 31.2 Å². The maximum absolute atomic E-state index is 8.73. The van der Waals surface area contributed by atoms with Crippen molar-refractivity contribution in [1.29, 1.82) is 5.26 Å². The Morgan fingerprint density at radius 1 is 1.33 bits per heavy atom. The smallest absolute Gasteiger partial charge is 0.203 e. The van der Waals surface area contributed by atoms with Crippen LogP contribution in [0.25, 0.3) is 11.3 Å². The van der Waals surface area contributed by atoms with E-state index in [1.165, 1.54) is 0 Å². The molecule has 21 heavy (non-hydrogen) atoms. The summed E-state index contributed by atoms with van der Waals surface area (Å²) >= 11 is 1.64. The van der Waals surface area contributed by atoms with Gasteiger partial charge in [-0.25, -0.2) is 4.98 Å². The van der Waals surface area contributed by atoms with E-state index in [0.717, 1.165) is 27.7 Å². The highest BCUT2D eigenvalue weighted by Crippen LogP contribution is 2.24. The minimum Gasteiger partial charge on any atom is -0.449 e. The standard InChI is InChI=1S/C16H13N3OS/c1-11-19-16(10-21-11)12-3-2-4-13(7-12)18-9-15-6-5-14(8-17)20-15/h2-7,10,18H,9H2,1H3. The number of nitriles is 1. The van der Waals surface area contributed by atoms with Crippen molar-refractivity contribution in [1.82, 2.24) is 4.98 Å². The molecule has 0 bridgehead atoms. The number of thiazole rings is 1. The molecule has 1 aromatic carbocycles. The summed E-state index contributed by atoms with van der Waals surface area (Å²) in [4.78, 5) is 4.49. The zero-order chi connectivity index (χ0) is 14.7. The van der Waals surface area contributed by atoms with Crippen molar-refractivity contribution < 1.29 is 4.42 Å². The second kappa shape index (κ2) is 5.81. The zero-order valence-corrected chi connectivity index (χ0v) is 12.3. The Bertz CT molecular complexity index is 798. The van der Waals surface area contributed by atoms with Gasteiger partial charge >= 0.3 is 0 Å². The van der Waals surface area contributed by atoms with Gasteiger partial charge in [-0.15, -0.1) is 11.3 Å². The van der Waals surface area contributed by atoms with E-state index in [2.05, 4.69) is 21.7 Å². The Balaban J connectivity index is 1.73. The molecule has 0 unspecified atom stereocenters. The van der Waals surface area contributed by atoms with Crippen LogP contribution in [0.4, 0.5) is 5.69 Å².